The summed E-state index contributed by atoms with van der Waals surface area (Å²) in [6.45, 7) is 6.48. The lowest BCUT2D eigenvalue weighted by atomic mass is 10.1. The van der Waals surface area contributed by atoms with E-state index in [2.05, 4.69) is 13.0 Å². The van der Waals surface area contributed by atoms with Crippen LogP contribution in [-0.4, -0.2) is 13.2 Å². The first-order valence-electron chi connectivity index (χ1n) is 10.6. The van der Waals surface area contributed by atoms with Gasteiger partial charge in [0.2, 0.25) is 12.4 Å². The van der Waals surface area contributed by atoms with Crippen LogP contribution in [0.1, 0.15) is 96.5 Å². The molecule has 1 aromatic heterocycles. The molecule has 0 aliphatic carbocycles. The molecule has 0 amide bonds. The second-order valence-electron chi connectivity index (χ2n) is 6.93. The lowest BCUT2D eigenvalue weighted by Crippen LogP contribution is -2.42. The summed E-state index contributed by atoms with van der Waals surface area (Å²) in [6.07, 6.45) is 20.4. The van der Waals surface area contributed by atoms with E-state index >= 15 is 0 Å². The Labute approximate surface area is 155 Å². The quantitative estimate of drug-likeness (QED) is 0.268. The highest BCUT2D eigenvalue weighted by Gasteiger charge is 2.04. The normalized spacial score (nSPS) is 11.0. The van der Waals surface area contributed by atoms with Crippen molar-refractivity contribution in [3.63, 3.8) is 0 Å². The summed E-state index contributed by atoms with van der Waals surface area (Å²) < 4.78 is 7.24. The maximum Gasteiger partial charge on any atom is 0.227 e. The Bertz CT molecular complexity index is 409. The Hall–Kier alpha value is -1.09. The number of nitrogens with zero attached hydrogens (tertiary/aromatic N) is 1. The summed E-state index contributed by atoms with van der Waals surface area (Å²) in [7, 11) is 0. The van der Waals surface area contributed by atoms with Gasteiger partial charge in [0.25, 0.3) is 0 Å². The van der Waals surface area contributed by atoms with Crippen molar-refractivity contribution in [2.75, 3.05) is 13.2 Å². The third kappa shape index (κ3) is 12.9. The zero-order valence-corrected chi connectivity index (χ0v) is 16.7. The van der Waals surface area contributed by atoms with Gasteiger partial charge in [0.1, 0.15) is 0 Å². The Morgan fingerprint density at radius 3 is 2.00 bits per heavy atom. The average molecular weight is 351 g/mol. The van der Waals surface area contributed by atoms with Crippen molar-refractivity contribution < 1.29 is 14.3 Å². The third-order valence-electron chi connectivity index (χ3n) is 4.55. The van der Waals surface area contributed by atoms with Crippen molar-refractivity contribution in [2.24, 2.45) is 0 Å². The number of hydrogen-bond acceptors (Lipinski definition) is 2. The highest BCUT2D eigenvalue weighted by Crippen LogP contribution is 2.11. The summed E-state index contributed by atoms with van der Waals surface area (Å²) in [5.41, 5.74) is 1.15. The van der Waals surface area contributed by atoms with E-state index in [1.165, 1.54) is 70.6 Å². The van der Waals surface area contributed by atoms with Crippen molar-refractivity contribution in [2.45, 2.75) is 97.5 Å². The smallest absolute Gasteiger partial charge is 0.227 e. The van der Waals surface area contributed by atoms with Crippen LogP contribution >= 0.6 is 0 Å². The molecule has 0 fully saturated rings. The van der Waals surface area contributed by atoms with Gasteiger partial charge in [-0.05, 0) is 25.8 Å². The second kappa shape index (κ2) is 16.4. The molecular formula is C22H40NO2+. The monoisotopic (exact) mass is 350 g/mol. The van der Waals surface area contributed by atoms with Gasteiger partial charge in [-0.15, -0.1) is 0 Å². The Balaban J connectivity index is 1.90. The first kappa shape index (κ1) is 22.0. The van der Waals surface area contributed by atoms with Gasteiger partial charge >= 0.3 is 0 Å². The fraction of sp³-hybridized carbons (Fsp3) is 0.773. The zero-order chi connectivity index (χ0) is 18.0. The second-order valence-corrected chi connectivity index (χ2v) is 6.93. The van der Waals surface area contributed by atoms with Gasteiger partial charge < -0.3 is 4.74 Å². The number of hydrogen-bond donors (Lipinski definition) is 0. The van der Waals surface area contributed by atoms with Crippen LogP contribution in [0.5, 0.6) is 0 Å². The molecule has 25 heavy (non-hydrogen) atoms. The maximum atomic E-state index is 5.78. The minimum Gasteiger partial charge on any atom is -0.377 e. The molecule has 0 saturated carbocycles. The molecule has 0 aliphatic heterocycles. The Kier molecular flexibility index (Phi) is 14.4. The summed E-state index contributed by atoms with van der Waals surface area (Å²) in [6, 6.07) is 4.08. The number of unbranched alkanes of at least 4 members (excludes halogenated alkanes) is 11. The van der Waals surface area contributed by atoms with E-state index in [-0.39, 0.29) is 0 Å². The molecule has 0 N–H and O–H groups in total. The van der Waals surface area contributed by atoms with Gasteiger partial charge in [-0.25, -0.2) is 0 Å². The highest BCUT2D eigenvalue weighted by molar-refractivity contribution is 5.03. The van der Waals surface area contributed by atoms with Gasteiger partial charge in [0.15, 0.2) is 6.61 Å². The van der Waals surface area contributed by atoms with Crippen molar-refractivity contribution in [1.29, 1.82) is 0 Å². The van der Waals surface area contributed by atoms with Gasteiger partial charge in [0, 0.05) is 23.0 Å². The van der Waals surface area contributed by atoms with Crippen LogP contribution in [0.25, 0.3) is 0 Å². The fourth-order valence-corrected chi connectivity index (χ4v) is 3.00. The topological polar surface area (TPSA) is 22.3 Å². The van der Waals surface area contributed by atoms with Crippen molar-refractivity contribution in [1.82, 2.24) is 0 Å². The lowest BCUT2D eigenvalue weighted by Gasteiger charge is -2.03. The highest BCUT2D eigenvalue weighted by atomic mass is 16.7. The molecule has 0 aliphatic rings. The van der Waals surface area contributed by atoms with Gasteiger partial charge in [-0.3, -0.25) is 4.84 Å². The first-order chi connectivity index (χ1) is 12.4. The summed E-state index contributed by atoms with van der Waals surface area (Å²) in [5, 5.41) is 0. The third-order valence-corrected chi connectivity index (χ3v) is 4.55. The van der Waals surface area contributed by atoms with E-state index in [1.54, 1.807) is 0 Å². The molecule has 3 heteroatoms. The largest absolute Gasteiger partial charge is 0.377 e. The number of rotatable bonds is 17. The molecule has 0 saturated heterocycles. The van der Waals surface area contributed by atoms with Crippen molar-refractivity contribution in [3.05, 3.63) is 30.1 Å². The van der Waals surface area contributed by atoms with E-state index in [0.29, 0.717) is 6.61 Å². The standard InChI is InChI=1S/C22H40NO2/c1-3-5-6-7-8-9-10-11-12-13-14-15-19-25-23-18-16-17-22(20-23)21-24-4-2/h16-18,20H,3-15,19,21H2,1-2H3/q+1. The molecule has 0 bridgehead atoms. The van der Waals surface area contributed by atoms with Gasteiger partial charge in [0.05, 0.1) is 6.61 Å². The predicted molar refractivity (Wildman–Crippen MR) is 104 cm³/mol. The predicted octanol–water partition coefficient (Wildman–Crippen LogP) is 5.64. The van der Waals surface area contributed by atoms with E-state index in [4.69, 9.17) is 9.57 Å². The summed E-state index contributed by atoms with van der Waals surface area (Å²) in [4.78, 5) is 5.78. The molecular weight excluding hydrogens is 310 g/mol. The molecule has 144 valence electrons. The number of pyridine rings is 1. The minimum atomic E-state index is 0.652. The Morgan fingerprint density at radius 1 is 0.800 bits per heavy atom. The molecule has 0 atom stereocenters. The molecule has 0 radical (unpaired) electrons. The van der Waals surface area contributed by atoms with Crippen LogP contribution < -0.4 is 9.57 Å². The first-order valence-corrected chi connectivity index (χ1v) is 10.6. The van der Waals surface area contributed by atoms with Crippen LogP contribution in [0, 0.1) is 0 Å². The summed E-state index contributed by atoms with van der Waals surface area (Å²) >= 11 is 0. The van der Waals surface area contributed by atoms with Gasteiger partial charge in [-0.2, -0.15) is 0 Å². The van der Waals surface area contributed by atoms with E-state index in [9.17, 15) is 0 Å². The zero-order valence-electron chi connectivity index (χ0n) is 16.7. The SMILES string of the molecule is CCCCCCCCCCCCCCO[n+]1cccc(COCC)c1. The fourth-order valence-electron chi connectivity index (χ4n) is 3.00. The molecule has 0 spiro atoms. The molecule has 1 heterocycles. The number of ether oxygens (including phenoxy) is 1. The van der Waals surface area contributed by atoms with Crippen LogP contribution in [0.3, 0.4) is 0 Å². The molecule has 1 rings (SSSR count). The van der Waals surface area contributed by atoms with Crippen LogP contribution in [0.4, 0.5) is 0 Å². The maximum absolute atomic E-state index is 5.78. The molecule has 1 aromatic rings. The van der Waals surface area contributed by atoms with Gasteiger partial charge in [-0.1, -0.05) is 71.1 Å². The Morgan fingerprint density at radius 2 is 1.40 bits per heavy atom. The van der Waals surface area contributed by atoms with E-state index in [0.717, 1.165) is 25.2 Å². The van der Waals surface area contributed by atoms with Crippen LogP contribution in [0.15, 0.2) is 24.5 Å². The van der Waals surface area contributed by atoms with Crippen LogP contribution in [0.2, 0.25) is 0 Å². The minimum absolute atomic E-state index is 0.652. The lowest BCUT2D eigenvalue weighted by molar-refractivity contribution is -0.891. The van der Waals surface area contributed by atoms with Crippen molar-refractivity contribution >= 4 is 0 Å². The van der Waals surface area contributed by atoms with E-state index in [1.807, 2.05) is 30.1 Å². The molecule has 0 aromatic carbocycles. The molecule has 3 nitrogen and oxygen atoms in total. The number of aromatic nitrogens is 1. The van der Waals surface area contributed by atoms with Crippen molar-refractivity contribution in [3.8, 4) is 0 Å². The molecule has 0 unspecified atom stereocenters. The average Bonchev–Trinajstić information content (AvgIpc) is 2.64. The van der Waals surface area contributed by atoms with Crippen LogP contribution in [-0.2, 0) is 11.3 Å². The summed E-state index contributed by atoms with van der Waals surface area (Å²) in [5.74, 6) is 0. The van der Waals surface area contributed by atoms with E-state index < -0.39 is 0 Å².